The normalized spacial score (nSPS) is 10.3. The molecule has 1 aromatic heterocycles. The summed E-state index contributed by atoms with van der Waals surface area (Å²) in [5.41, 5.74) is 0. The van der Waals surface area contributed by atoms with E-state index in [1.54, 1.807) is 18.2 Å². The molecule has 0 saturated heterocycles. The summed E-state index contributed by atoms with van der Waals surface area (Å²) in [7, 11) is 0. The second kappa shape index (κ2) is 10.0. The van der Waals surface area contributed by atoms with Gasteiger partial charge < -0.3 is 20.7 Å². The Morgan fingerprint density at radius 1 is 1.12 bits per heavy atom. The maximum atomic E-state index is 11.8. The highest BCUT2D eigenvalue weighted by Gasteiger charge is 2.06. The van der Waals surface area contributed by atoms with E-state index in [4.69, 9.17) is 27.9 Å². The van der Waals surface area contributed by atoms with Crippen LogP contribution < -0.4 is 20.7 Å². The number of hydrogen-bond donors (Lipinski definition) is 3. The number of nitrogens with zero attached hydrogens (tertiary/aromatic N) is 2. The van der Waals surface area contributed by atoms with Crippen molar-refractivity contribution >= 4 is 40.7 Å². The van der Waals surface area contributed by atoms with Crippen LogP contribution in [0.2, 0.25) is 10.0 Å². The van der Waals surface area contributed by atoms with Crippen molar-refractivity contribution in [3.63, 3.8) is 0 Å². The molecule has 140 valence electrons. The van der Waals surface area contributed by atoms with Crippen LogP contribution in [0.15, 0.2) is 24.3 Å². The molecule has 0 aliphatic heterocycles. The van der Waals surface area contributed by atoms with Crippen molar-refractivity contribution in [3.05, 3.63) is 40.1 Å². The molecular formula is C17H21Cl2N5O2. The van der Waals surface area contributed by atoms with Crippen molar-refractivity contribution in [2.24, 2.45) is 0 Å². The van der Waals surface area contributed by atoms with Gasteiger partial charge in [0.25, 0.3) is 5.91 Å². The number of benzene rings is 1. The van der Waals surface area contributed by atoms with Crippen LogP contribution in [0.1, 0.15) is 12.7 Å². The van der Waals surface area contributed by atoms with Crippen LogP contribution in [-0.2, 0) is 4.79 Å². The zero-order valence-electron chi connectivity index (χ0n) is 14.6. The average molecular weight is 398 g/mol. The minimum absolute atomic E-state index is 0.126. The number of nitrogens with one attached hydrogen (secondary N) is 3. The molecule has 0 saturated carbocycles. The topological polar surface area (TPSA) is 88.2 Å². The van der Waals surface area contributed by atoms with E-state index in [0.29, 0.717) is 40.5 Å². The van der Waals surface area contributed by atoms with Gasteiger partial charge in [-0.25, -0.2) is 9.97 Å². The summed E-state index contributed by atoms with van der Waals surface area (Å²) in [5.74, 6) is 2.30. The smallest absolute Gasteiger partial charge is 0.258 e. The van der Waals surface area contributed by atoms with Gasteiger partial charge in [-0.1, -0.05) is 23.2 Å². The average Bonchev–Trinajstić information content (AvgIpc) is 2.58. The van der Waals surface area contributed by atoms with Crippen LogP contribution in [0.4, 0.5) is 11.6 Å². The molecule has 0 radical (unpaired) electrons. The minimum atomic E-state index is -0.245. The van der Waals surface area contributed by atoms with E-state index in [2.05, 4.69) is 25.9 Å². The van der Waals surface area contributed by atoms with E-state index in [-0.39, 0.29) is 12.5 Å². The summed E-state index contributed by atoms with van der Waals surface area (Å²) in [6, 6.07) is 6.66. The van der Waals surface area contributed by atoms with Crippen molar-refractivity contribution in [2.45, 2.75) is 13.8 Å². The maximum Gasteiger partial charge on any atom is 0.258 e. The lowest BCUT2D eigenvalue weighted by Gasteiger charge is -2.11. The van der Waals surface area contributed by atoms with E-state index in [0.717, 1.165) is 12.4 Å². The number of carbonyl (C=O) groups is 1. The molecule has 0 unspecified atom stereocenters. The molecule has 0 spiro atoms. The summed E-state index contributed by atoms with van der Waals surface area (Å²) in [6.45, 7) is 5.43. The Morgan fingerprint density at radius 2 is 1.85 bits per heavy atom. The number of amides is 1. The van der Waals surface area contributed by atoms with Crippen LogP contribution in [0, 0.1) is 6.92 Å². The van der Waals surface area contributed by atoms with Gasteiger partial charge in [0.05, 0.1) is 5.02 Å². The first kappa shape index (κ1) is 20.1. The van der Waals surface area contributed by atoms with Crippen molar-refractivity contribution in [2.75, 3.05) is 36.9 Å². The summed E-state index contributed by atoms with van der Waals surface area (Å²) < 4.78 is 5.38. The zero-order valence-corrected chi connectivity index (χ0v) is 16.1. The highest BCUT2D eigenvalue weighted by atomic mass is 35.5. The first-order valence-corrected chi connectivity index (χ1v) is 8.91. The number of ether oxygens (including phenoxy) is 1. The standard InChI is InChI=1S/C17H21Cl2N5O2/c1-3-20-15-9-16(24-11(2)23-15)21-6-7-22-17(25)10-26-14-5-4-12(18)8-13(14)19/h4-5,8-9H,3,6-7,10H2,1-2H3,(H,22,25)(H2,20,21,23,24). The molecule has 0 fully saturated rings. The molecule has 1 heterocycles. The quantitative estimate of drug-likeness (QED) is 0.563. The molecule has 7 nitrogen and oxygen atoms in total. The molecule has 1 amide bonds. The van der Waals surface area contributed by atoms with Gasteiger partial charge in [0.15, 0.2) is 6.61 Å². The number of halogens is 2. The number of rotatable bonds is 9. The predicted molar refractivity (Wildman–Crippen MR) is 104 cm³/mol. The molecular weight excluding hydrogens is 377 g/mol. The fourth-order valence-corrected chi connectivity index (χ4v) is 2.57. The lowest BCUT2D eigenvalue weighted by molar-refractivity contribution is -0.123. The van der Waals surface area contributed by atoms with Crippen LogP contribution >= 0.6 is 23.2 Å². The first-order valence-electron chi connectivity index (χ1n) is 8.16. The molecule has 0 aliphatic rings. The molecule has 2 rings (SSSR count). The van der Waals surface area contributed by atoms with Gasteiger partial charge in [0.1, 0.15) is 23.2 Å². The van der Waals surface area contributed by atoms with Crippen molar-refractivity contribution < 1.29 is 9.53 Å². The fourth-order valence-electron chi connectivity index (χ4n) is 2.11. The Balaban J connectivity index is 1.71. The molecule has 1 aromatic carbocycles. The largest absolute Gasteiger partial charge is 0.482 e. The van der Waals surface area contributed by atoms with E-state index in [9.17, 15) is 4.79 Å². The molecule has 0 aliphatic carbocycles. The molecule has 2 aromatic rings. The number of anilines is 2. The third-order valence-corrected chi connectivity index (χ3v) is 3.73. The minimum Gasteiger partial charge on any atom is -0.482 e. The number of hydrogen-bond acceptors (Lipinski definition) is 6. The molecule has 0 bridgehead atoms. The Bertz CT molecular complexity index is 758. The van der Waals surface area contributed by atoms with Gasteiger partial charge in [-0.15, -0.1) is 0 Å². The summed E-state index contributed by atoms with van der Waals surface area (Å²) >= 11 is 11.8. The third-order valence-electron chi connectivity index (χ3n) is 3.20. The number of carbonyl (C=O) groups excluding carboxylic acids is 1. The summed E-state index contributed by atoms with van der Waals surface area (Å²) in [6.07, 6.45) is 0. The first-order chi connectivity index (χ1) is 12.5. The highest BCUT2D eigenvalue weighted by Crippen LogP contribution is 2.27. The lowest BCUT2D eigenvalue weighted by atomic mass is 10.3. The van der Waals surface area contributed by atoms with Crippen molar-refractivity contribution in [3.8, 4) is 5.75 Å². The van der Waals surface area contributed by atoms with E-state index < -0.39 is 0 Å². The number of aryl methyl sites for hydroxylation is 1. The SMILES string of the molecule is CCNc1cc(NCCNC(=O)COc2ccc(Cl)cc2Cl)nc(C)n1. The zero-order chi connectivity index (χ0) is 18.9. The second-order valence-corrected chi connectivity index (χ2v) is 6.20. The van der Waals surface area contributed by atoms with Gasteiger partial charge in [-0.3, -0.25) is 4.79 Å². The third kappa shape index (κ3) is 6.57. The Morgan fingerprint density at radius 3 is 2.54 bits per heavy atom. The van der Waals surface area contributed by atoms with Gasteiger partial charge >= 0.3 is 0 Å². The highest BCUT2D eigenvalue weighted by molar-refractivity contribution is 6.35. The fraction of sp³-hybridized carbons (Fsp3) is 0.353. The number of aromatic nitrogens is 2. The van der Waals surface area contributed by atoms with Crippen LogP contribution in [-0.4, -0.2) is 42.1 Å². The Labute approximate surface area is 162 Å². The van der Waals surface area contributed by atoms with Crippen LogP contribution in [0.3, 0.4) is 0 Å². The van der Waals surface area contributed by atoms with Crippen molar-refractivity contribution in [1.82, 2.24) is 15.3 Å². The van der Waals surface area contributed by atoms with Crippen LogP contribution in [0.5, 0.6) is 5.75 Å². The second-order valence-electron chi connectivity index (χ2n) is 5.36. The predicted octanol–water partition coefficient (Wildman–Crippen LogP) is 3.13. The van der Waals surface area contributed by atoms with E-state index in [1.807, 2.05) is 19.9 Å². The van der Waals surface area contributed by atoms with Gasteiger partial charge in [-0.2, -0.15) is 0 Å². The van der Waals surface area contributed by atoms with Gasteiger partial charge in [-0.05, 0) is 32.0 Å². The van der Waals surface area contributed by atoms with Crippen molar-refractivity contribution in [1.29, 1.82) is 0 Å². The summed E-state index contributed by atoms with van der Waals surface area (Å²) in [4.78, 5) is 20.4. The van der Waals surface area contributed by atoms with E-state index in [1.165, 1.54) is 0 Å². The van der Waals surface area contributed by atoms with Crippen LogP contribution in [0.25, 0.3) is 0 Å². The monoisotopic (exact) mass is 397 g/mol. The Kier molecular flexibility index (Phi) is 7.74. The molecule has 9 heteroatoms. The lowest BCUT2D eigenvalue weighted by Crippen LogP contribution is -2.32. The molecule has 3 N–H and O–H groups in total. The van der Waals surface area contributed by atoms with E-state index >= 15 is 0 Å². The maximum absolute atomic E-state index is 11.8. The van der Waals surface area contributed by atoms with Gasteiger partial charge in [0, 0.05) is 30.7 Å². The molecule has 0 atom stereocenters. The van der Waals surface area contributed by atoms with Gasteiger partial charge in [0.2, 0.25) is 0 Å². The molecule has 26 heavy (non-hydrogen) atoms. The Hall–Kier alpha value is -2.25. The summed E-state index contributed by atoms with van der Waals surface area (Å²) in [5, 5.41) is 9.91.